The number of hydrogen-bond donors (Lipinski definition) is 1. The average molecular weight is 299 g/mol. The van der Waals surface area contributed by atoms with Gasteiger partial charge in [-0.15, -0.1) is 15.2 Å². The second-order valence-electron chi connectivity index (χ2n) is 3.80. The van der Waals surface area contributed by atoms with E-state index in [9.17, 15) is 17.1 Å². The van der Waals surface area contributed by atoms with E-state index in [-0.39, 0.29) is 5.69 Å². The first-order valence-electron chi connectivity index (χ1n) is 5.29. The minimum atomic E-state index is -4.87. The maximum Gasteiger partial charge on any atom is 0.334 e. The van der Waals surface area contributed by atoms with Crippen molar-refractivity contribution in [3.05, 3.63) is 46.2 Å². The second-order valence-corrected chi connectivity index (χ2v) is 6.40. The summed E-state index contributed by atoms with van der Waals surface area (Å²) in [5.41, 5.74) is -0.0685. The molecule has 0 spiro atoms. The maximum atomic E-state index is 13.1. The number of anilines is 1. The van der Waals surface area contributed by atoms with Gasteiger partial charge in [-0.05, 0) is 31.2 Å². The molecule has 100 valence electrons. The van der Waals surface area contributed by atoms with Gasteiger partial charge in [0, 0.05) is 4.88 Å². The van der Waals surface area contributed by atoms with E-state index in [0.29, 0.717) is 4.88 Å². The van der Waals surface area contributed by atoms with Crippen molar-refractivity contribution in [1.29, 1.82) is 0 Å². The second kappa shape index (κ2) is 5.10. The number of hydrogen-bond acceptors (Lipinski definition) is 4. The number of rotatable bonds is 3. The van der Waals surface area contributed by atoms with Crippen molar-refractivity contribution in [2.45, 2.75) is 11.8 Å². The maximum absolute atomic E-state index is 13.1. The summed E-state index contributed by atoms with van der Waals surface area (Å²) in [4.78, 5) is 12.7. The Bertz CT molecular complexity index is 722. The van der Waals surface area contributed by atoms with Crippen molar-refractivity contribution in [3.8, 4) is 0 Å². The van der Waals surface area contributed by atoms with Gasteiger partial charge in [0.05, 0.1) is 10.6 Å². The smallest absolute Gasteiger partial charge is 0.320 e. The van der Waals surface area contributed by atoms with Crippen molar-refractivity contribution in [3.63, 3.8) is 0 Å². The highest BCUT2D eigenvalue weighted by Crippen LogP contribution is 2.24. The van der Waals surface area contributed by atoms with Gasteiger partial charge in [-0.2, -0.15) is 8.42 Å². The zero-order valence-electron chi connectivity index (χ0n) is 9.88. The van der Waals surface area contributed by atoms with E-state index in [0.717, 1.165) is 10.9 Å². The number of thiophene rings is 1. The molecule has 0 aliphatic rings. The first-order valence-corrected chi connectivity index (χ1v) is 7.49. The quantitative estimate of drug-likeness (QED) is 0.886. The van der Waals surface area contributed by atoms with Gasteiger partial charge in [0.2, 0.25) is 0 Å². The minimum absolute atomic E-state index is 0.0685. The fourth-order valence-electron chi connectivity index (χ4n) is 1.52. The van der Waals surface area contributed by atoms with Gasteiger partial charge in [0.1, 0.15) is 4.90 Å². The van der Waals surface area contributed by atoms with Crippen LogP contribution in [0.3, 0.4) is 0 Å². The number of carbonyl (C=O) groups is 1. The Morgan fingerprint density at radius 2 is 1.89 bits per heavy atom. The number of aryl methyl sites for hydroxylation is 1. The van der Waals surface area contributed by atoms with Crippen molar-refractivity contribution in [2.24, 2.45) is 0 Å². The van der Waals surface area contributed by atoms with Crippen molar-refractivity contribution < 1.29 is 17.1 Å². The molecular weight excluding hydrogens is 289 g/mol. The van der Waals surface area contributed by atoms with Crippen LogP contribution in [0.1, 0.15) is 14.5 Å². The highest BCUT2D eigenvalue weighted by molar-refractivity contribution is 7.86. The van der Waals surface area contributed by atoms with Gasteiger partial charge in [-0.3, -0.25) is 4.79 Å². The summed E-state index contributed by atoms with van der Waals surface area (Å²) < 4.78 is 35.0. The third kappa shape index (κ3) is 3.18. The largest absolute Gasteiger partial charge is 0.334 e. The van der Waals surface area contributed by atoms with Gasteiger partial charge in [-0.1, -0.05) is 12.1 Å². The molecule has 1 N–H and O–H groups in total. The molecule has 1 amide bonds. The van der Waals surface area contributed by atoms with Gasteiger partial charge in [0.15, 0.2) is 0 Å². The molecule has 1 aromatic carbocycles. The standard InChI is InChI=1S/C12H10FNO3S2/c1-8-6-7-10(18-8)12(15)14-9-4-2-3-5-11(9)19(13,16)17/h2-7H,1H3,(H,14,15). The third-order valence-electron chi connectivity index (χ3n) is 2.36. The lowest BCUT2D eigenvalue weighted by molar-refractivity contribution is 0.103. The molecule has 0 saturated carbocycles. The van der Waals surface area contributed by atoms with Crippen LogP contribution in [0.25, 0.3) is 0 Å². The predicted octanol–water partition coefficient (Wildman–Crippen LogP) is 2.97. The Morgan fingerprint density at radius 1 is 1.21 bits per heavy atom. The third-order valence-corrected chi connectivity index (χ3v) is 4.24. The molecule has 19 heavy (non-hydrogen) atoms. The summed E-state index contributed by atoms with van der Waals surface area (Å²) in [6.07, 6.45) is 0. The molecule has 1 aromatic heterocycles. The molecule has 2 aromatic rings. The van der Waals surface area contributed by atoms with E-state index in [4.69, 9.17) is 0 Å². The summed E-state index contributed by atoms with van der Waals surface area (Å²) in [7, 11) is -4.87. The number of benzene rings is 1. The summed E-state index contributed by atoms with van der Waals surface area (Å²) in [5.74, 6) is -0.464. The van der Waals surface area contributed by atoms with E-state index in [2.05, 4.69) is 5.32 Å². The Kier molecular flexibility index (Phi) is 3.68. The molecule has 0 aliphatic carbocycles. The fourth-order valence-corrected chi connectivity index (χ4v) is 2.91. The van der Waals surface area contributed by atoms with Crippen LogP contribution in [0, 0.1) is 6.92 Å². The Balaban J connectivity index is 2.32. The van der Waals surface area contributed by atoms with Gasteiger partial charge in [0.25, 0.3) is 5.91 Å². The Morgan fingerprint density at radius 3 is 2.47 bits per heavy atom. The number of para-hydroxylation sites is 1. The average Bonchev–Trinajstić information content (AvgIpc) is 2.75. The SMILES string of the molecule is Cc1ccc(C(=O)Nc2ccccc2S(=O)(=O)F)s1. The Hall–Kier alpha value is -1.73. The molecule has 2 rings (SSSR count). The van der Waals surface area contributed by atoms with E-state index in [1.807, 2.05) is 6.92 Å². The van der Waals surface area contributed by atoms with E-state index in [1.165, 1.54) is 29.5 Å². The van der Waals surface area contributed by atoms with Gasteiger partial charge >= 0.3 is 10.2 Å². The van der Waals surface area contributed by atoms with Gasteiger partial charge < -0.3 is 5.32 Å². The number of carbonyl (C=O) groups excluding carboxylic acids is 1. The molecule has 7 heteroatoms. The summed E-state index contributed by atoms with van der Waals surface area (Å²) in [6, 6.07) is 8.75. The molecule has 1 heterocycles. The molecule has 0 saturated heterocycles. The van der Waals surface area contributed by atoms with Crippen molar-refractivity contribution >= 4 is 33.2 Å². The van der Waals surface area contributed by atoms with Crippen LogP contribution in [0.2, 0.25) is 0 Å². The number of nitrogens with one attached hydrogen (secondary N) is 1. The molecule has 0 atom stereocenters. The molecule has 0 bridgehead atoms. The van der Waals surface area contributed by atoms with Crippen LogP contribution in [-0.2, 0) is 10.2 Å². The normalized spacial score (nSPS) is 11.3. The number of halogens is 1. The predicted molar refractivity (Wildman–Crippen MR) is 71.7 cm³/mol. The first kappa shape index (κ1) is 13.7. The van der Waals surface area contributed by atoms with Crippen LogP contribution in [-0.4, -0.2) is 14.3 Å². The molecule has 0 aliphatic heterocycles. The minimum Gasteiger partial charge on any atom is -0.320 e. The lowest BCUT2D eigenvalue weighted by atomic mass is 10.3. The van der Waals surface area contributed by atoms with Crippen LogP contribution < -0.4 is 5.32 Å². The zero-order valence-corrected chi connectivity index (χ0v) is 11.5. The topological polar surface area (TPSA) is 63.2 Å². The fraction of sp³-hybridized carbons (Fsp3) is 0.0833. The molecule has 0 fully saturated rings. The molecule has 0 unspecified atom stereocenters. The van der Waals surface area contributed by atoms with Crippen LogP contribution in [0.15, 0.2) is 41.3 Å². The van der Waals surface area contributed by atoms with Crippen molar-refractivity contribution in [1.82, 2.24) is 0 Å². The zero-order chi connectivity index (χ0) is 14.0. The molecule has 4 nitrogen and oxygen atoms in total. The van der Waals surface area contributed by atoms with Crippen LogP contribution in [0.4, 0.5) is 9.57 Å². The lowest BCUT2D eigenvalue weighted by Gasteiger charge is -2.06. The first-order chi connectivity index (χ1) is 8.88. The number of amides is 1. The van der Waals surface area contributed by atoms with Crippen LogP contribution >= 0.6 is 11.3 Å². The van der Waals surface area contributed by atoms with Crippen molar-refractivity contribution in [2.75, 3.05) is 5.32 Å². The van der Waals surface area contributed by atoms with Crippen LogP contribution in [0.5, 0.6) is 0 Å². The van der Waals surface area contributed by atoms with Gasteiger partial charge in [-0.25, -0.2) is 0 Å². The van der Waals surface area contributed by atoms with E-state index < -0.39 is 21.0 Å². The summed E-state index contributed by atoms with van der Waals surface area (Å²) in [6.45, 7) is 1.85. The summed E-state index contributed by atoms with van der Waals surface area (Å²) in [5, 5.41) is 2.40. The molecular formula is C12H10FNO3S2. The Labute approximate surface area is 114 Å². The lowest BCUT2D eigenvalue weighted by Crippen LogP contribution is -2.12. The molecule has 0 radical (unpaired) electrons. The monoisotopic (exact) mass is 299 g/mol. The highest BCUT2D eigenvalue weighted by atomic mass is 32.3. The van der Waals surface area contributed by atoms with E-state index >= 15 is 0 Å². The van der Waals surface area contributed by atoms with E-state index in [1.54, 1.807) is 12.1 Å². The highest BCUT2D eigenvalue weighted by Gasteiger charge is 2.19. The summed E-state index contributed by atoms with van der Waals surface area (Å²) >= 11 is 1.27.